The molecule has 2 rings (SSSR count). The molecule has 3 nitrogen and oxygen atoms in total. The number of hydrogen-bond donors (Lipinski definition) is 1. The summed E-state index contributed by atoms with van der Waals surface area (Å²) >= 11 is 12.1. The number of carbonyl (C=O) groups is 1. The molecule has 0 atom stereocenters. The van der Waals surface area contributed by atoms with Gasteiger partial charge in [0.05, 0.1) is 12.0 Å². The van der Waals surface area contributed by atoms with E-state index in [4.69, 9.17) is 27.9 Å². The molecule has 0 aliphatic carbocycles. The molecule has 1 amide bonds. The fourth-order valence-electron chi connectivity index (χ4n) is 2.21. The van der Waals surface area contributed by atoms with Gasteiger partial charge in [0, 0.05) is 24.1 Å². The Balaban J connectivity index is 1.98. The summed E-state index contributed by atoms with van der Waals surface area (Å²) in [4.78, 5) is 12.1. The smallest absolute Gasteiger partial charge is 0.224 e. The maximum absolute atomic E-state index is 12.1. The van der Waals surface area contributed by atoms with Crippen LogP contribution in [0.15, 0.2) is 24.3 Å². The largest absolute Gasteiger partial charge is 0.381 e. The van der Waals surface area contributed by atoms with E-state index in [1.54, 1.807) is 6.07 Å². The first kappa shape index (κ1) is 14.6. The van der Waals surface area contributed by atoms with E-state index in [0.717, 1.165) is 18.4 Å². The Morgan fingerprint density at radius 1 is 1.32 bits per heavy atom. The summed E-state index contributed by atoms with van der Waals surface area (Å²) in [5.41, 5.74) is 0.497. The van der Waals surface area contributed by atoms with Crippen LogP contribution in [0.2, 0.25) is 5.02 Å². The minimum absolute atomic E-state index is 0.0457. The van der Waals surface area contributed by atoms with Crippen LogP contribution in [-0.2, 0) is 16.0 Å². The van der Waals surface area contributed by atoms with Gasteiger partial charge in [-0.15, -0.1) is 11.6 Å². The molecule has 1 aliphatic rings. The minimum Gasteiger partial charge on any atom is -0.381 e. The third kappa shape index (κ3) is 3.85. The molecule has 19 heavy (non-hydrogen) atoms. The van der Waals surface area contributed by atoms with Gasteiger partial charge in [0.25, 0.3) is 0 Å². The van der Waals surface area contributed by atoms with Crippen LogP contribution in [0.1, 0.15) is 18.4 Å². The molecule has 0 spiro atoms. The van der Waals surface area contributed by atoms with E-state index >= 15 is 0 Å². The average Bonchev–Trinajstić information content (AvgIpc) is 2.42. The molecule has 0 radical (unpaired) electrons. The number of hydrogen-bond acceptors (Lipinski definition) is 2. The maximum atomic E-state index is 12.1. The summed E-state index contributed by atoms with van der Waals surface area (Å²) in [7, 11) is 0. The predicted octanol–water partition coefficient (Wildman–Crippen LogP) is 2.79. The number of halogens is 2. The number of benzene rings is 1. The second kappa shape index (κ2) is 6.60. The van der Waals surface area contributed by atoms with Crippen LogP contribution < -0.4 is 5.32 Å². The Kier molecular flexibility index (Phi) is 5.08. The normalized spacial score (nSPS) is 18.0. The standard InChI is InChI=1S/C14H17Cl2NO2/c15-10-14(5-7-19-8-6-14)17-13(18)9-11-3-1-2-4-12(11)16/h1-4H,5-10H2,(H,17,18). The monoisotopic (exact) mass is 301 g/mol. The van der Waals surface area contributed by atoms with Gasteiger partial charge in [-0.05, 0) is 24.5 Å². The number of amides is 1. The van der Waals surface area contributed by atoms with Crippen molar-refractivity contribution in [3.63, 3.8) is 0 Å². The van der Waals surface area contributed by atoms with E-state index in [1.807, 2.05) is 18.2 Å². The van der Waals surface area contributed by atoms with Gasteiger partial charge >= 0.3 is 0 Å². The zero-order valence-corrected chi connectivity index (χ0v) is 12.1. The van der Waals surface area contributed by atoms with Crippen molar-refractivity contribution in [3.8, 4) is 0 Å². The van der Waals surface area contributed by atoms with Gasteiger partial charge in [0.2, 0.25) is 5.91 Å². The Morgan fingerprint density at radius 2 is 2.00 bits per heavy atom. The molecule has 0 aromatic heterocycles. The van der Waals surface area contributed by atoms with Crippen LogP contribution in [0.4, 0.5) is 0 Å². The molecule has 1 aliphatic heterocycles. The lowest BCUT2D eigenvalue weighted by Gasteiger charge is -2.36. The van der Waals surface area contributed by atoms with Crippen molar-refractivity contribution in [2.75, 3.05) is 19.1 Å². The average molecular weight is 302 g/mol. The Morgan fingerprint density at radius 3 is 2.63 bits per heavy atom. The van der Waals surface area contributed by atoms with Gasteiger partial charge in [-0.25, -0.2) is 0 Å². The molecule has 1 N–H and O–H groups in total. The third-order valence-electron chi connectivity index (χ3n) is 3.42. The second-order valence-corrected chi connectivity index (χ2v) is 5.52. The van der Waals surface area contributed by atoms with Crippen LogP contribution in [-0.4, -0.2) is 30.5 Å². The predicted molar refractivity (Wildman–Crippen MR) is 76.8 cm³/mol. The lowest BCUT2D eigenvalue weighted by Crippen LogP contribution is -2.53. The quantitative estimate of drug-likeness (QED) is 0.869. The lowest BCUT2D eigenvalue weighted by atomic mass is 9.92. The van der Waals surface area contributed by atoms with Gasteiger partial charge in [-0.2, -0.15) is 0 Å². The number of rotatable bonds is 4. The van der Waals surface area contributed by atoms with Crippen LogP contribution in [0.25, 0.3) is 0 Å². The van der Waals surface area contributed by atoms with Crippen LogP contribution >= 0.6 is 23.2 Å². The summed E-state index contributed by atoms with van der Waals surface area (Å²) in [5, 5.41) is 3.66. The van der Waals surface area contributed by atoms with Crippen molar-refractivity contribution in [3.05, 3.63) is 34.9 Å². The molecule has 1 heterocycles. The van der Waals surface area contributed by atoms with E-state index in [2.05, 4.69) is 5.32 Å². The number of alkyl halides is 1. The van der Waals surface area contributed by atoms with Crippen LogP contribution in [0.3, 0.4) is 0 Å². The zero-order valence-electron chi connectivity index (χ0n) is 10.6. The molecule has 1 aromatic rings. The van der Waals surface area contributed by atoms with E-state index in [-0.39, 0.29) is 17.9 Å². The van der Waals surface area contributed by atoms with Gasteiger partial charge in [-0.3, -0.25) is 4.79 Å². The van der Waals surface area contributed by atoms with Crippen molar-refractivity contribution in [2.45, 2.75) is 24.8 Å². The van der Waals surface area contributed by atoms with Crippen molar-refractivity contribution in [2.24, 2.45) is 0 Å². The van der Waals surface area contributed by atoms with Gasteiger partial charge < -0.3 is 10.1 Å². The van der Waals surface area contributed by atoms with Crippen molar-refractivity contribution in [1.82, 2.24) is 5.32 Å². The summed E-state index contributed by atoms with van der Waals surface area (Å²) < 4.78 is 5.31. The molecule has 0 saturated carbocycles. The zero-order chi connectivity index (χ0) is 13.7. The Labute approximate surface area is 123 Å². The molecule has 5 heteroatoms. The number of ether oxygens (including phenoxy) is 1. The number of nitrogens with one attached hydrogen (secondary N) is 1. The fraction of sp³-hybridized carbons (Fsp3) is 0.500. The molecule has 1 fully saturated rings. The van der Waals surface area contributed by atoms with Crippen LogP contribution in [0, 0.1) is 0 Å². The van der Waals surface area contributed by atoms with Crippen molar-refractivity contribution >= 4 is 29.1 Å². The van der Waals surface area contributed by atoms with Crippen molar-refractivity contribution in [1.29, 1.82) is 0 Å². The first-order valence-corrected chi connectivity index (χ1v) is 7.25. The number of carbonyl (C=O) groups excluding carboxylic acids is 1. The highest BCUT2D eigenvalue weighted by atomic mass is 35.5. The van der Waals surface area contributed by atoms with E-state index in [1.165, 1.54) is 0 Å². The van der Waals surface area contributed by atoms with Gasteiger partial charge in [0.1, 0.15) is 0 Å². The highest BCUT2D eigenvalue weighted by Crippen LogP contribution is 2.23. The van der Waals surface area contributed by atoms with E-state index < -0.39 is 0 Å². The Hall–Kier alpha value is -0.770. The molecule has 0 unspecified atom stereocenters. The SMILES string of the molecule is O=C(Cc1ccccc1Cl)NC1(CCl)CCOCC1. The maximum Gasteiger partial charge on any atom is 0.224 e. The Bertz CT molecular complexity index is 445. The molecular weight excluding hydrogens is 285 g/mol. The minimum atomic E-state index is -0.335. The highest BCUT2D eigenvalue weighted by molar-refractivity contribution is 6.31. The third-order valence-corrected chi connectivity index (χ3v) is 4.30. The summed E-state index contributed by atoms with van der Waals surface area (Å²) in [6.07, 6.45) is 1.79. The molecule has 104 valence electrons. The fourth-order valence-corrected chi connectivity index (χ4v) is 2.75. The van der Waals surface area contributed by atoms with E-state index in [9.17, 15) is 4.79 Å². The van der Waals surface area contributed by atoms with Crippen LogP contribution in [0.5, 0.6) is 0 Å². The van der Waals surface area contributed by atoms with Gasteiger partial charge in [-0.1, -0.05) is 29.8 Å². The highest BCUT2D eigenvalue weighted by Gasteiger charge is 2.33. The molecule has 1 saturated heterocycles. The first-order valence-electron chi connectivity index (χ1n) is 6.33. The second-order valence-electron chi connectivity index (χ2n) is 4.84. The summed E-state index contributed by atoms with van der Waals surface area (Å²) in [6, 6.07) is 7.37. The van der Waals surface area contributed by atoms with Crippen molar-refractivity contribution < 1.29 is 9.53 Å². The topological polar surface area (TPSA) is 38.3 Å². The first-order chi connectivity index (χ1) is 9.15. The van der Waals surface area contributed by atoms with Gasteiger partial charge in [0.15, 0.2) is 0 Å². The van der Waals surface area contributed by atoms with E-state index in [0.29, 0.717) is 24.1 Å². The summed E-state index contributed by atoms with van der Waals surface area (Å²) in [6.45, 7) is 1.28. The lowest BCUT2D eigenvalue weighted by molar-refractivity contribution is -0.123. The molecular formula is C14H17Cl2NO2. The molecule has 1 aromatic carbocycles. The molecule has 0 bridgehead atoms. The summed E-state index contributed by atoms with van der Waals surface area (Å²) in [5.74, 6) is 0.362.